The maximum absolute atomic E-state index is 13.2. The molecule has 0 bridgehead atoms. The van der Waals surface area contributed by atoms with E-state index in [0.717, 1.165) is 22.8 Å². The number of rotatable bonds is 11. The first-order valence-corrected chi connectivity index (χ1v) is 18.3. The van der Waals surface area contributed by atoms with Gasteiger partial charge >= 0.3 is 0 Å². The lowest BCUT2D eigenvalue weighted by Gasteiger charge is -2.26. The molecule has 268 valence electrons. The Morgan fingerprint density at radius 3 is 1.83 bits per heavy atom. The van der Waals surface area contributed by atoms with Gasteiger partial charge < -0.3 is 15.5 Å². The van der Waals surface area contributed by atoms with Crippen LogP contribution in [0.15, 0.2) is 157 Å². The van der Waals surface area contributed by atoms with E-state index in [1.165, 1.54) is 11.1 Å². The van der Waals surface area contributed by atoms with E-state index < -0.39 is 0 Å². The monoisotopic (exact) mass is 741 g/mol. The van der Waals surface area contributed by atoms with Gasteiger partial charge in [0.15, 0.2) is 5.71 Å². The number of nitrogens with one attached hydrogen (secondary N) is 2. The van der Waals surface area contributed by atoms with Crippen molar-refractivity contribution in [3.63, 3.8) is 0 Å². The van der Waals surface area contributed by atoms with Crippen LogP contribution in [0.5, 0.6) is 0 Å². The summed E-state index contributed by atoms with van der Waals surface area (Å²) < 4.78 is 2.07. The van der Waals surface area contributed by atoms with Gasteiger partial charge in [-0.1, -0.05) is 140 Å². The smallest absolute Gasteiger partial charge is 0.290 e. The lowest BCUT2D eigenvalue weighted by Crippen LogP contribution is -2.33. The second-order valence-corrected chi connectivity index (χ2v) is 14.8. The van der Waals surface area contributed by atoms with Gasteiger partial charge in [-0.05, 0) is 55.8 Å². The predicted molar refractivity (Wildman–Crippen MR) is 221 cm³/mol. The molecule has 0 saturated carbocycles. The summed E-state index contributed by atoms with van der Waals surface area (Å²) in [6, 6.07) is 30.9. The van der Waals surface area contributed by atoms with E-state index in [1.807, 2.05) is 91.1 Å². The highest BCUT2D eigenvalue weighted by Crippen LogP contribution is 2.47. The predicted octanol–water partition coefficient (Wildman–Crippen LogP) is 10.6. The lowest BCUT2D eigenvalue weighted by molar-refractivity contribution is -0.424. The molecular weight excluding hydrogens is 699 g/mol. The number of hydrogen-bond acceptors (Lipinski definition) is 3. The van der Waals surface area contributed by atoms with Gasteiger partial charge in [-0.25, -0.2) is 0 Å². The maximum atomic E-state index is 13.2. The number of para-hydroxylation sites is 4. The molecule has 0 fully saturated rings. The van der Waals surface area contributed by atoms with Crippen molar-refractivity contribution in [1.29, 1.82) is 0 Å². The molecule has 0 saturated heterocycles. The molecule has 0 aromatic heterocycles. The van der Waals surface area contributed by atoms with Crippen molar-refractivity contribution in [3.8, 4) is 0 Å². The maximum Gasteiger partial charge on any atom is 0.290 e. The van der Waals surface area contributed by atoms with Crippen LogP contribution < -0.4 is 15.5 Å². The summed E-state index contributed by atoms with van der Waals surface area (Å²) in [4.78, 5) is 28.5. The molecule has 6 rings (SSSR count). The first-order chi connectivity index (χ1) is 25.5. The fraction of sp³-hybridized carbons (Fsp3) is 0.178. The molecule has 2 aliphatic heterocycles. The number of halogens is 2. The van der Waals surface area contributed by atoms with Crippen LogP contribution in [0.1, 0.15) is 38.8 Å². The van der Waals surface area contributed by atoms with E-state index in [0.29, 0.717) is 21.4 Å². The Kier molecular flexibility index (Phi) is 11.3. The van der Waals surface area contributed by atoms with Gasteiger partial charge in [0.25, 0.3) is 5.91 Å². The number of nitrogens with zero attached hydrogens (tertiary/aromatic N) is 2. The summed E-state index contributed by atoms with van der Waals surface area (Å²) >= 11 is 12.6. The van der Waals surface area contributed by atoms with Gasteiger partial charge in [0.1, 0.15) is 6.54 Å². The van der Waals surface area contributed by atoms with Crippen LogP contribution in [0, 0.1) is 0 Å². The quantitative estimate of drug-likeness (QED) is 0.119. The van der Waals surface area contributed by atoms with Crippen molar-refractivity contribution in [2.45, 2.75) is 38.5 Å². The number of anilines is 3. The van der Waals surface area contributed by atoms with Crippen LogP contribution in [0.3, 0.4) is 0 Å². The van der Waals surface area contributed by atoms with Gasteiger partial charge in [-0.3, -0.25) is 9.59 Å². The summed E-state index contributed by atoms with van der Waals surface area (Å²) in [7, 11) is 0. The molecule has 0 unspecified atom stereocenters. The van der Waals surface area contributed by atoms with Crippen molar-refractivity contribution in [3.05, 3.63) is 179 Å². The summed E-state index contributed by atoms with van der Waals surface area (Å²) in [6.45, 7) is 9.02. The molecule has 2 aliphatic rings. The van der Waals surface area contributed by atoms with Crippen molar-refractivity contribution in [1.82, 2.24) is 0 Å². The minimum absolute atomic E-state index is 0.148. The Morgan fingerprint density at radius 1 is 0.642 bits per heavy atom. The summed E-state index contributed by atoms with van der Waals surface area (Å²) in [5, 5.41) is 6.91. The molecule has 0 aliphatic carbocycles. The third-order valence-electron chi connectivity index (χ3n) is 9.67. The van der Waals surface area contributed by atoms with Gasteiger partial charge in [0.05, 0.1) is 26.8 Å². The summed E-state index contributed by atoms with van der Waals surface area (Å²) in [5.74, 6) is -0.296. The third kappa shape index (κ3) is 8.15. The second-order valence-electron chi connectivity index (χ2n) is 14.0. The highest BCUT2D eigenvalue weighted by atomic mass is 35.5. The number of carbonyl (C=O) groups is 2. The standard InChI is InChI=1S/C45H42Cl2N4O2/c1-44(2)32-20-12-18-26-38(32)50(30-42(52)48-36-24-16-14-22-34(36)46)40(44)28-10-8-6-5-7-9-11-29-41-45(3,4)33-21-13-19-27-39(33)51(41)31-43(53)49-37-25-17-15-23-35(37)47/h5-29H,30-31H2,1-4H3,(H-,48,49,52,53)/p+1. The average Bonchev–Trinajstić information content (AvgIpc) is 3.47. The normalized spacial score (nSPS) is 16.7. The molecule has 6 nitrogen and oxygen atoms in total. The third-order valence-corrected chi connectivity index (χ3v) is 10.3. The van der Waals surface area contributed by atoms with Gasteiger partial charge in [0.2, 0.25) is 18.1 Å². The largest absolute Gasteiger partial charge is 0.335 e. The zero-order valence-corrected chi connectivity index (χ0v) is 31.8. The van der Waals surface area contributed by atoms with E-state index in [4.69, 9.17) is 23.2 Å². The molecular formula is C45H43Cl2N4O2+. The molecule has 0 atom stereocenters. The van der Waals surface area contributed by atoms with E-state index in [-0.39, 0.29) is 35.7 Å². The van der Waals surface area contributed by atoms with Crippen LogP contribution >= 0.6 is 23.2 Å². The van der Waals surface area contributed by atoms with E-state index in [9.17, 15) is 9.59 Å². The second kappa shape index (κ2) is 16.1. The Labute approximate surface area is 322 Å². The zero-order chi connectivity index (χ0) is 37.6. The number of hydrogen-bond donors (Lipinski definition) is 2. The van der Waals surface area contributed by atoms with Crippen molar-refractivity contribution in [2.75, 3.05) is 28.6 Å². The first kappa shape index (κ1) is 37.3. The molecule has 2 amide bonds. The number of allylic oxidation sites excluding steroid dienone is 10. The number of benzene rings is 4. The van der Waals surface area contributed by atoms with E-state index in [2.05, 4.69) is 84.2 Å². The fourth-order valence-corrected chi connectivity index (χ4v) is 7.39. The topological polar surface area (TPSA) is 64.5 Å². The van der Waals surface area contributed by atoms with Crippen molar-refractivity contribution in [2.24, 2.45) is 0 Å². The summed E-state index contributed by atoms with van der Waals surface area (Å²) in [5.41, 5.74) is 7.01. The molecule has 4 aromatic rings. The average molecular weight is 743 g/mol. The molecule has 8 heteroatoms. The molecule has 2 N–H and O–H groups in total. The molecule has 53 heavy (non-hydrogen) atoms. The molecule has 4 aromatic carbocycles. The van der Waals surface area contributed by atoms with Crippen LogP contribution in [0.25, 0.3) is 0 Å². The number of carbonyl (C=O) groups excluding carboxylic acids is 2. The van der Waals surface area contributed by atoms with Gasteiger partial charge in [0, 0.05) is 34.5 Å². The van der Waals surface area contributed by atoms with Crippen LogP contribution in [0.4, 0.5) is 22.7 Å². The molecule has 0 spiro atoms. The van der Waals surface area contributed by atoms with Crippen molar-refractivity contribution >= 4 is 63.5 Å². The minimum Gasteiger partial charge on any atom is -0.335 e. The SMILES string of the molecule is CC1(C)C(=CC=CC=CC=CC=CC2=[N+](CC(=O)Nc3ccccc3Cl)c3ccccc3C2(C)C)N(CC(=O)Nc2ccccc2Cl)c2ccccc21. The molecule has 2 heterocycles. The highest BCUT2D eigenvalue weighted by molar-refractivity contribution is 6.34. The van der Waals surface area contributed by atoms with Crippen LogP contribution in [-0.4, -0.2) is 35.2 Å². The number of amides is 2. The Morgan fingerprint density at radius 2 is 1.17 bits per heavy atom. The number of fused-ring (bicyclic) bond motifs is 2. The van der Waals surface area contributed by atoms with Crippen molar-refractivity contribution < 1.29 is 14.2 Å². The fourth-order valence-electron chi connectivity index (χ4n) is 7.03. The minimum atomic E-state index is -0.297. The highest BCUT2D eigenvalue weighted by Gasteiger charge is 2.45. The van der Waals surface area contributed by atoms with Gasteiger partial charge in [-0.2, -0.15) is 4.58 Å². The van der Waals surface area contributed by atoms with E-state index >= 15 is 0 Å². The van der Waals surface area contributed by atoms with Crippen LogP contribution in [0.2, 0.25) is 10.0 Å². The Bertz CT molecular complexity index is 2220. The zero-order valence-electron chi connectivity index (χ0n) is 30.3. The van der Waals surface area contributed by atoms with Crippen LogP contribution in [-0.2, 0) is 20.4 Å². The molecule has 0 radical (unpaired) electrons. The van der Waals surface area contributed by atoms with E-state index in [1.54, 1.807) is 24.3 Å². The summed E-state index contributed by atoms with van der Waals surface area (Å²) in [6.07, 6.45) is 18.0. The van der Waals surface area contributed by atoms with Gasteiger partial charge in [-0.15, -0.1) is 0 Å². The first-order valence-electron chi connectivity index (χ1n) is 17.6. The lowest BCUT2D eigenvalue weighted by atomic mass is 9.81. The Balaban J connectivity index is 1.14. The Hall–Kier alpha value is -5.43.